The molecule has 1 aromatic heterocycles. The molecule has 0 aliphatic heterocycles. The van der Waals surface area contributed by atoms with E-state index in [1.807, 2.05) is 5.32 Å². The molecule has 7 nitrogen and oxygen atoms in total. The molecule has 0 fully saturated rings. The fourth-order valence-electron chi connectivity index (χ4n) is 2.40. The Labute approximate surface area is 181 Å². The lowest BCUT2D eigenvalue weighted by Crippen LogP contribution is -2.22. The number of halogens is 7. The zero-order valence-electron chi connectivity index (χ0n) is 16.4. The summed E-state index contributed by atoms with van der Waals surface area (Å²) in [5, 5.41) is 12.0. The SMILES string of the molecule is Fc1ccc(CN=Nc2nc(NCC(F)(F)F)nc(Nc3cccc(C(F)(F)F)c3)n2)cc1. The second kappa shape index (κ2) is 9.75. The van der Waals surface area contributed by atoms with Gasteiger partial charge in [0.05, 0.1) is 12.1 Å². The van der Waals surface area contributed by atoms with Gasteiger partial charge in [-0.25, -0.2) is 4.39 Å². The minimum absolute atomic E-state index is 0.00628. The number of rotatable bonds is 7. The molecule has 1 heterocycles. The molecular weight excluding hydrogens is 459 g/mol. The second-order valence-corrected chi connectivity index (χ2v) is 6.48. The molecule has 0 spiro atoms. The third-order valence-corrected chi connectivity index (χ3v) is 3.84. The van der Waals surface area contributed by atoms with Crippen LogP contribution in [0.3, 0.4) is 0 Å². The monoisotopic (exact) mass is 473 g/mol. The fourth-order valence-corrected chi connectivity index (χ4v) is 2.40. The zero-order chi connectivity index (χ0) is 24.1. The summed E-state index contributed by atoms with van der Waals surface area (Å²) in [6.45, 7) is -1.47. The summed E-state index contributed by atoms with van der Waals surface area (Å²) in [5.74, 6) is -1.72. The van der Waals surface area contributed by atoms with Gasteiger partial charge in [0.25, 0.3) is 5.95 Å². The molecule has 0 radical (unpaired) electrons. The van der Waals surface area contributed by atoms with Crippen LogP contribution in [0, 0.1) is 5.82 Å². The first-order valence-electron chi connectivity index (χ1n) is 9.11. The van der Waals surface area contributed by atoms with Crippen molar-refractivity contribution in [3.8, 4) is 0 Å². The van der Waals surface area contributed by atoms with Crippen LogP contribution < -0.4 is 10.6 Å². The van der Waals surface area contributed by atoms with Crippen LogP contribution in [-0.4, -0.2) is 27.7 Å². The number of benzene rings is 2. The number of aromatic nitrogens is 3. The number of hydrogen-bond donors (Lipinski definition) is 2. The predicted octanol–water partition coefficient (Wildman–Crippen LogP) is 6.03. The molecule has 174 valence electrons. The highest BCUT2D eigenvalue weighted by atomic mass is 19.4. The largest absolute Gasteiger partial charge is 0.416 e. The maximum absolute atomic E-state index is 13.0. The van der Waals surface area contributed by atoms with Crippen LogP contribution >= 0.6 is 0 Å². The van der Waals surface area contributed by atoms with Crippen LogP contribution in [0.4, 0.5) is 54.3 Å². The van der Waals surface area contributed by atoms with E-state index in [2.05, 4.69) is 30.5 Å². The average molecular weight is 473 g/mol. The third kappa shape index (κ3) is 7.66. The maximum Gasteiger partial charge on any atom is 0.416 e. The number of alkyl halides is 6. The van der Waals surface area contributed by atoms with Crippen molar-refractivity contribution in [2.24, 2.45) is 10.2 Å². The number of hydrogen-bond acceptors (Lipinski definition) is 7. The van der Waals surface area contributed by atoms with Crippen molar-refractivity contribution >= 4 is 23.5 Å². The lowest BCUT2D eigenvalue weighted by atomic mass is 10.2. The number of nitrogens with zero attached hydrogens (tertiary/aromatic N) is 5. The van der Waals surface area contributed by atoms with Gasteiger partial charge in [0, 0.05) is 5.69 Å². The standard InChI is InChI=1S/C19H14F7N7/c20-13-6-4-11(5-7-13)9-28-33-17-31-15(27-10-18(21,22)23)30-16(32-17)29-14-3-1-2-12(8-14)19(24,25)26/h1-8H,9-10H2,(H2,27,29,30,31,32). The summed E-state index contributed by atoms with van der Waals surface area (Å²) in [5.41, 5.74) is -0.421. The van der Waals surface area contributed by atoms with E-state index in [-0.39, 0.29) is 18.2 Å². The van der Waals surface area contributed by atoms with Crippen molar-refractivity contribution < 1.29 is 30.7 Å². The second-order valence-electron chi connectivity index (χ2n) is 6.48. The molecule has 2 aromatic carbocycles. The zero-order valence-corrected chi connectivity index (χ0v) is 16.4. The van der Waals surface area contributed by atoms with E-state index in [0.29, 0.717) is 5.56 Å². The topological polar surface area (TPSA) is 87.5 Å². The van der Waals surface area contributed by atoms with E-state index in [0.717, 1.165) is 18.2 Å². The Kier molecular flexibility index (Phi) is 7.04. The fraction of sp³-hybridized carbons (Fsp3) is 0.211. The molecule has 0 saturated carbocycles. The van der Waals surface area contributed by atoms with Gasteiger partial charge in [-0.3, -0.25) is 0 Å². The van der Waals surface area contributed by atoms with Crippen LogP contribution in [0.1, 0.15) is 11.1 Å². The van der Waals surface area contributed by atoms with Crippen molar-refractivity contribution in [1.29, 1.82) is 0 Å². The van der Waals surface area contributed by atoms with Gasteiger partial charge in [-0.05, 0) is 35.9 Å². The normalized spacial score (nSPS) is 12.2. The third-order valence-electron chi connectivity index (χ3n) is 3.84. The van der Waals surface area contributed by atoms with Gasteiger partial charge >= 0.3 is 12.4 Å². The summed E-state index contributed by atoms with van der Waals surface area (Å²) in [6.07, 6.45) is -9.18. The van der Waals surface area contributed by atoms with E-state index < -0.39 is 42.2 Å². The lowest BCUT2D eigenvalue weighted by molar-refractivity contribution is -0.137. The summed E-state index contributed by atoms with van der Waals surface area (Å²) in [6, 6.07) is 9.40. The van der Waals surface area contributed by atoms with Gasteiger partial charge in [0.2, 0.25) is 11.9 Å². The molecule has 2 N–H and O–H groups in total. The van der Waals surface area contributed by atoms with Crippen LogP contribution in [-0.2, 0) is 12.7 Å². The van der Waals surface area contributed by atoms with Crippen LogP contribution in [0.5, 0.6) is 0 Å². The minimum atomic E-state index is -4.60. The molecule has 0 atom stereocenters. The first kappa shape index (κ1) is 23.8. The Hall–Kier alpha value is -3.84. The molecule has 0 amide bonds. The van der Waals surface area contributed by atoms with Gasteiger partial charge in [0.1, 0.15) is 12.4 Å². The molecule has 0 unspecified atom stereocenters. The molecular formula is C19H14F7N7. The molecule has 3 rings (SSSR count). The summed E-state index contributed by atoms with van der Waals surface area (Å²) >= 11 is 0. The number of nitrogens with one attached hydrogen (secondary N) is 2. The van der Waals surface area contributed by atoms with Crippen molar-refractivity contribution in [3.05, 3.63) is 65.5 Å². The molecule has 0 aliphatic rings. The Morgan fingerprint density at radius 3 is 2.21 bits per heavy atom. The Bertz CT molecular complexity index is 1110. The molecule has 0 bridgehead atoms. The van der Waals surface area contributed by atoms with E-state index in [1.54, 1.807) is 0 Å². The van der Waals surface area contributed by atoms with Crippen molar-refractivity contribution in [3.63, 3.8) is 0 Å². The van der Waals surface area contributed by atoms with Gasteiger partial charge in [-0.1, -0.05) is 18.2 Å². The molecule has 0 saturated heterocycles. The van der Waals surface area contributed by atoms with E-state index in [4.69, 9.17) is 0 Å². The molecule has 14 heteroatoms. The van der Waals surface area contributed by atoms with E-state index in [1.165, 1.54) is 30.3 Å². The van der Waals surface area contributed by atoms with Crippen molar-refractivity contribution in [2.75, 3.05) is 17.2 Å². The number of azo groups is 1. The van der Waals surface area contributed by atoms with Crippen LogP contribution in [0.25, 0.3) is 0 Å². The molecule has 0 aliphatic carbocycles. The van der Waals surface area contributed by atoms with Crippen LogP contribution in [0.15, 0.2) is 58.8 Å². The first-order chi connectivity index (χ1) is 15.5. The summed E-state index contributed by atoms with van der Waals surface area (Å²) in [4.78, 5) is 11.3. The first-order valence-corrected chi connectivity index (χ1v) is 9.11. The summed E-state index contributed by atoms with van der Waals surface area (Å²) in [7, 11) is 0. The van der Waals surface area contributed by atoms with Crippen molar-refractivity contribution in [1.82, 2.24) is 15.0 Å². The van der Waals surface area contributed by atoms with Gasteiger partial charge in [-0.2, -0.15) is 46.4 Å². The highest BCUT2D eigenvalue weighted by Gasteiger charge is 2.30. The quantitative estimate of drug-likeness (QED) is 0.323. The lowest BCUT2D eigenvalue weighted by Gasteiger charge is -2.11. The number of anilines is 3. The van der Waals surface area contributed by atoms with Gasteiger partial charge in [0.15, 0.2) is 0 Å². The Balaban J connectivity index is 1.84. The Morgan fingerprint density at radius 1 is 0.848 bits per heavy atom. The summed E-state index contributed by atoms with van der Waals surface area (Å²) < 4.78 is 89.3. The van der Waals surface area contributed by atoms with Gasteiger partial charge < -0.3 is 10.6 Å². The molecule has 3 aromatic rings. The predicted molar refractivity (Wildman–Crippen MR) is 104 cm³/mol. The van der Waals surface area contributed by atoms with Crippen molar-refractivity contribution in [2.45, 2.75) is 18.9 Å². The van der Waals surface area contributed by atoms with Crippen LogP contribution in [0.2, 0.25) is 0 Å². The minimum Gasteiger partial charge on any atom is -0.345 e. The Morgan fingerprint density at radius 2 is 1.55 bits per heavy atom. The average Bonchev–Trinajstić information content (AvgIpc) is 2.73. The molecule has 33 heavy (non-hydrogen) atoms. The highest BCUT2D eigenvalue weighted by Crippen LogP contribution is 2.31. The smallest absolute Gasteiger partial charge is 0.345 e. The van der Waals surface area contributed by atoms with Gasteiger partial charge in [-0.15, -0.1) is 5.11 Å². The maximum atomic E-state index is 13.0. The van der Waals surface area contributed by atoms with E-state index in [9.17, 15) is 30.7 Å². The highest BCUT2D eigenvalue weighted by molar-refractivity contribution is 5.56. The van der Waals surface area contributed by atoms with E-state index >= 15 is 0 Å².